The van der Waals surface area contributed by atoms with Crippen molar-refractivity contribution in [3.63, 3.8) is 0 Å². The highest BCUT2D eigenvalue weighted by atomic mass is 32.2. The molecule has 0 atom stereocenters. The zero-order valence-electron chi connectivity index (χ0n) is 23.4. The average Bonchev–Trinajstić information content (AvgIpc) is 3.64. The number of halogens is 2. The monoisotopic (exact) mass is 606 g/mol. The Balaban J connectivity index is 1.30. The number of hydrogen-bond donors (Lipinski definition) is 1. The van der Waals surface area contributed by atoms with E-state index in [1.807, 2.05) is 32.0 Å². The Bertz CT molecular complexity index is 1660. The lowest BCUT2D eigenvalue weighted by molar-refractivity contribution is -0.115. The zero-order chi connectivity index (χ0) is 30.3. The Morgan fingerprint density at radius 3 is 2.70 bits per heavy atom. The molecule has 4 aromatic rings. The molecule has 1 aliphatic heterocycles. The summed E-state index contributed by atoms with van der Waals surface area (Å²) in [4.78, 5) is 35.4. The van der Waals surface area contributed by atoms with Crippen molar-refractivity contribution in [2.75, 3.05) is 35.9 Å². The van der Waals surface area contributed by atoms with Crippen LogP contribution in [0.25, 0.3) is 17.1 Å². The fourth-order valence-corrected chi connectivity index (χ4v) is 5.11. The summed E-state index contributed by atoms with van der Waals surface area (Å²) < 4.78 is 39.7. The molecule has 3 amide bonds. The largest absolute Gasteiger partial charge is 0.491 e. The Kier molecular flexibility index (Phi) is 9.42. The van der Waals surface area contributed by atoms with E-state index in [1.54, 1.807) is 30.3 Å². The summed E-state index contributed by atoms with van der Waals surface area (Å²) in [5, 5.41) is 7.05. The third-order valence-electron chi connectivity index (χ3n) is 6.31. The molecular formula is C30H28F2N6O4S. The second-order valence-electron chi connectivity index (χ2n) is 9.35. The van der Waals surface area contributed by atoms with Crippen LogP contribution in [-0.2, 0) is 16.1 Å². The van der Waals surface area contributed by atoms with E-state index in [-0.39, 0.29) is 34.9 Å². The maximum absolute atomic E-state index is 15.1. The summed E-state index contributed by atoms with van der Waals surface area (Å²) in [7, 11) is 0. The van der Waals surface area contributed by atoms with Gasteiger partial charge in [0.25, 0.3) is 0 Å². The molecule has 43 heavy (non-hydrogen) atoms. The molecule has 13 heteroatoms. The molecule has 10 nitrogen and oxygen atoms in total. The van der Waals surface area contributed by atoms with Gasteiger partial charge < -0.3 is 14.8 Å². The number of hydrogen-bond acceptors (Lipinski definition) is 7. The number of carbonyl (C=O) groups excluding carboxylic acids is 2. The number of nitrogens with one attached hydrogen (secondary N) is 1. The molecule has 3 aromatic carbocycles. The summed E-state index contributed by atoms with van der Waals surface area (Å²) in [6.45, 7) is 3.99. The molecule has 222 valence electrons. The van der Waals surface area contributed by atoms with Gasteiger partial charge in [-0.3, -0.25) is 9.69 Å². The zero-order valence-corrected chi connectivity index (χ0v) is 24.2. The van der Waals surface area contributed by atoms with Gasteiger partial charge in [-0.15, -0.1) is 5.10 Å². The van der Waals surface area contributed by atoms with Crippen molar-refractivity contribution in [3.8, 4) is 22.8 Å². The van der Waals surface area contributed by atoms with Gasteiger partial charge in [0.2, 0.25) is 5.91 Å². The summed E-state index contributed by atoms with van der Waals surface area (Å²) in [6, 6.07) is 15.9. The molecule has 1 aliphatic rings. The normalized spacial score (nSPS) is 14.0. The van der Waals surface area contributed by atoms with E-state index < -0.39 is 18.5 Å². The van der Waals surface area contributed by atoms with E-state index in [4.69, 9.17) is 9.47 Å². The molecule has 0 saturated carbocycles. The molecule has 1 N–H and O–H groups in total. The van der Waals surface area contributed by atoms with Crippen LogP contribution in [0.1, 0.15) is 18.1 Å². The first-order valence-electron chi connectivity index (χ1n) is 13.4. The number of aromatic nitrogens is 3. The van der Waals surface area contributed by atoms with Crippen LogP contribution in [0.5, 0.6) is 5.75 Å². The molecule has 0 unspecified atom stereocenters. The van der Waals surface area contributed by atoms with Crippen LogP contribution in [0, 0.1) is 12.7 Å². The van der Waals surface area contributed by atoms with Crippen LogP contribution in [0.2, 0.25) is 0 Å². The fraction of sp³-hybridized carbons (Fsp3) is 0.233. The maximum atomic E-state index is 15.1. The van der Waals surface area contributed by atoms with E-state index in [2.05, 4.69) is 20.4 Å². The number of nitrogens with zero attached hydrogens (tertiary/aromatic N) is 5. The van der Waals surface area contributed by atoms with Crippen LogP contribution in [0.15, 0.2) is 72.0 Å². The van der Waals surface area contributed by atoms with Gasteiger partial charge in [-0.05, 0) is 67.9 Å². The van der Waals surface area contributed by atoms with Crippen LogP contribution in [0.3, 0.4) is 0 Å². The van der Waals surface area contributed by atoms with Gasteiger partial charge in [-0.25, -0.2) is 23.2 Å². The van der Waals surface area contributed by atoms with Crippen molar-refractivity contribution >= 4 is 40.2 Å². The number of anilines is 2. The molecule has 1 fully saturated rings. The minimum atomic E-state index is -0.825. The van der Waals surface area contributed by atoms with Crippen molar-refractivity contribution in [2.24, 2.45) is 4.99 Å². The SMILES string of the molecule is CCOCc1ccc(C)cc1N1C(=O)CS/C1=N\C(=O)Nc1ccc(-c2ncn(-c3ccc(OCCF)cc3)n2)cc1F. The number of amides is 3. The molecule has 0 spiro atoms. The standard InChI is InChI=1S/C30H28F2N6O4S/c1-3-41-16-21-5-4-19(2)14-26(21)38-27(39)17-43-30(38)35-29(40)34-25-11-6-20(15-24(25)32)28-33-18-37(36-28)22-7-9-23(10-8-22)42-13-12-31/h4-11,14-15,18H,3,12-13,16-17H2,1-2H3,(H,34,40)/b35-30-. The number of benzene rings is 3. The summed E-state index contributed by atoms with van der Waals surface area (Å²) in [5.74, 6) is -0.00966. The number of aryl methyl sites for hydroxylation is 1. The number of urea groups is 1. The number of alkyl halides is 1. The topological polar surface area (TPSA) is 111 Å². The third-order valence-corrected chi connectivity index (χ3v) is 7.24. The number of thioether (sulfide) groups is 1. The highest BCUT2D eigenvalue weighted by Gasteiger charge is 2.32. The minimum Gasteiger partial charge on any atom is -0.491 e. The second-order valence-corrected chi connectivity index (χ2v) is 10.3. The number of aliphatic imine (C=N–C) groups is 1. The van der Waals surface area contributed by atoms with Crippen LogP contribution >= 0.6 is 11.8 Å². The molecule has 0 aliphatic carbocycles. The summed E-state index contributed by atoms with van der Waals surface area (Å²) in [5.41, 5.74) is 3.31. The number of carbonyl (C=O) groups is 2. The molecule has 1 aromatic heterocycles. The second kappa shape index (κ2) is 13.6. The first kappa shape index (κ1) is 29.9. The van der Waals surface area contributed by atoms with Crippen molar-refractivity contribution in [1.82, 2.24) is 14.8 Å². The summed E-state index contributed by atoms with van der Waals surface area (Å²) >= 11 is 1.13. The van der Waals surface area contributed by atoms with E-state index in [0.29, 0.717) is 35.9 Å². The summed E-state index contributed by atoms with van der Waals surface area (Å²) in [6.07, 6.45) is 1.48. The minimum absolute atomic E-state index is 0.0252. The van der Waals surface area contributed by atoms with Gasteiger partial charge in [0, 0.05) is 17.7 Å². The van der Waals surface area contributed by atoms with Crippen LogP contribution in [-0.4, -0.2) is 57.5 Å². The lowest BCUT2D eigenvalue weighted by Crippen LogP contribution is -2.31. The maximum Gasteiger partial charge on any atom is 0.347 e. The molecule has 2 heterocycles. The Morgan fingerprint density at radius 1 is 1.14 bits per heavy atom. The lowest BCUT2D eigenvalue weighted by Gasteiger charge is -2.20. The predicted octanol–water partition coefficient (Wildman–Crippen LogP) is 5.93. The number of amidine groups is 1. The van der Waals surface area contributed by atoms with Gasteiger partial charge in [0.15, 0.2) is 11.0 Å². The lowest BCUT2D eigenvalue weighted by atomic mass is 10.1. The number of rotatable bonds is 10. The Hall–Kier alpha value is -4.62. The molecule has 0 bridgehead atoms. The quantitative estimate of drug-likeness (QED) is 0.238. The van der Waals surface area contributed by atoms with Crippen molar-refractivity contribution < 1.29 is 27.8 Å². The van der Waals surface area contributed by atoms with Gasteiger partial charge in [0.1, 0.15) is 31.2 Å². The van der Waals surface area contributed by atoms with Crippen molar-refractivity contribution in [3.05, 3.63) is 83.9 Å². The first-order valence-corrected chi connectivity index (χ1v) is 14.4. The molecule has 0 radical (unpaired) electrons. The predicted molar refractivity (Wildman–Crippen MR) is 161 cm³/mol. The van der Waals surface area contributed by atoms with E-state index >= 15 is 4.39 Å². The highest BCUT2D eigenvalue weighted by Crippen LogP contribution is 2.31. The van der Waals surface area contributed by atoms with Crippen LogP contribution in [0.4, 0.5) is 25.0 Å². The fourth-order valence-electron chi connectivity index (χ4n) is 4.25. The van der Waals surface area contributed by atoms with Gasteiger partial charge in [-0.1, -0.05) is 23.9 Å². The highest BCUT2D eigenvalue weighted by molar-refractivity contribution is 8.15. The molecule has 1 saturated heterocycles. The molecular weight excluding hydrogens is 578 g/mol. The van der Waals surface area contributed by atoms with E-state index in [0.717, 1.165) is 22.9 Å². The number of ether oxygens (including phenoxy) is 2. The van der Waals surface area contributed by atoms with E-state index in [9.17, 15) is 14.0 Å². The average molecular weight is 607 g/mol. The molecule has 5 rings (SSSR count). The Morgan fingerprint density at radius 2 is 1.95 bits per heavy atom. The van der Waals surface area contributed by atoms with Crippen LogP contribution < -0.4 is 15.0 Å². The van der Waals surface area contributed by atoms with Crippen molar-refractivity contribution in [2.45, 2.75) is 20.5 Å². The van der Waals surface area contributed by atoms with Gasteiger partial charge in [-0.2, -0.15) is 4.99 Å². The third kappa shape index (κ3) is 7.07. The van der Waals surface area contributed by atoms with Gasteiger partial charge >= 0.3 is 6.03 Å². The van der Waals surface area contributed by atoms with E-state index in [1.165, 1.54) is 28.0 Å². The van der Waals surface area contributed by atoms with Gasteiger partial charge in [0.05, 0.1) is 29.4 Å². The Labute approximate surface area is 250 Å². The smallest absolute Gasteiger partial charge is 0.347 e. The first-order chi connectivity index (χ1) is 20.9. The van der Waals surface area contributed by atoms with Crippen molar-refractivity contribution in [1.29, 1.82) is 0 Å².